The van der Waals surface area contributed by atoms with Gasteiger partial charge in [0, 0.05) is 31.2 Å². The second-order valence-corrected chi connectivity index (χ2v) is 5.82. The van der Waals surface area contributed by atoms with E-state index in [-0.39, 0.29) is 18.4 Å². The Hall–Kier alpha value is -2.37. The first-order chi connectivity index (χ1) is 11.8. The van der Waals surface area contributed by atoms with E-state index in [4.69, 9.17) is 9.47 Å². The molecular formula is C19H21NO4. The van der Waals surface area contributed by atoms with E-state index in [1.165, 1.54) is 0 Å². The van der Waals surface area contributed by atoms with E-state index < -0.39 is 0 Å². The van der Waals surface area contributed by atoms with Gasteiger partial charge in [-0.05, 0) is 30.3 Å². The van der Waals surface area contributed by atoms with Crippen LogP contribution in [-0.4, -0.2) is 48.8 Å². The molecule has 1 saturated heterocycles. The first kappa shape index (κ1) is 16.5. The summed E-state index contributed by atoms with van der Waals surface area (Å²) in [7, 11) is 0. The first-order valence-electron chi connectivity index (χ1n) is 8.07. The van der Waals surface area contributed by atoms with Crippen molar-refractivity contribution in [1.29, 1.82) is 0 Å². The van der Waals surface area contributed by atoms with E-state index in [1.807, 2.05) is 42.5 Å². The number of ether oxygens (including phenoxy) is 2. The highest BCUT2D eigenvalue weighted by atomic mass is 16.5. The number of aliphatic hydroxyl groups excluding tert-OH is 1. The molecular weight excluding hydrogens is 306 g/mol. The third kappa shape index (κ3) is 4.13. The number of hydrogen-bond donors (Lipinski definition) is 1. The third-order valence-electron chi connectivity index (χ3n) is 3.94. The van der Waals surface area contributed by atoms with Gasteiger partial charge in [0.1, 0.15) is 11.5 Å². The molecule has 0 unspecified atom stereocenters. The highest BCUT2D eigenvalue weighted by Gasteiger charge is 2.23. The molecule has 0 spiro atoms. The zero-order valence-corrected chi connectivity index (χ0v) is 13.4. The summed E-state index contributed by atoms with van der Waals surface area (Å²) in [5, 5.41) is 9.36. The molecule has 0 aliphatic carbocycles. The molecule has 1 fully saturated rings. The van der Waals surface area contributed by atoms with E-state index in [2.05, 4.69) is 0 Å². The van der Waals surface area contributed by atoms with E-state index in [1.54, 1.807) is 17.0 Å². The normalized spacial score (nSPS) is 18.0. The van der Waals surface area contributed by atoms with Gasteiger partial charge in [0.25, 0.3) is 5.91 Å². The number of aliphatic hydroxyl groups is 1. The highest BCUT2D eigenvalue weighted by Crippen LogP contribution is 2.22. The lowest BCUT2D eigenvalue weighted by Crippen LogP contribution is -2.36. The van der Waals surface area contributed by atoms with Crippen LogP contribution >= 0.6 is 0 Å². The summed E-state index contributed by atoms with van der Waals surface area (Å²) in [4.78, 5) is 14.5. The molecule has 2 aromatic carbocycles. The van der Waals surface area contributed by atoms with Crippen molar-refractivity contribution in [3.05, 3.63) is 60.2 Å². The van der Waals surface area contributed by atoms with Gasteiger partial charge in [0.2, 0.25) is 0 Å². The van der Waals surface area contributed by atoms with Crippen LogP contribution in [0.15, 0.2) is 54.6 Å². The molecule has 24 heavy (non-hydrogen) atoms. The van der Waals surface area contributed by atoms with Gasteiger partial charge in [-0.2, -0.15) is 0 Å². The summed E-state index contributed by atoms with van der Waals surface area (Å²) in [6, 6.07) is 16.6. The van der Waals surface area contributed by atoms with Gasteiger partial charge in [-0.15, -0.1) is 0 Å². The Kier molecular flexibility index (Phi) is 5.46. The molecule has 126 valence electrons. The van der Waals surface area contributed by atoms with Crippen LogP contribution in [0.1, 0.15) is 10.4 Å². The monoisotopic (exact) mass is 327 g/mol. The number of amides is 1. The van der Waals surface area contributed by atoms with Crippen LogP contribution in [0.3, 0.4) is 0 Å². The molecule has 3 rings (SSSR count). The van der Waals surface area contributed by atoms with Crippen molar-refractivity contribution in [2.75, 3.05) is 32.9 Å². The van der Waals surface area contributed by atoms with E-state index in [9.17, 15) is 9.90 Å². The fraction of sp³-hybridized carbons (Fsp3) is 0.316. The second-order valence-electron chi connectivity index (χ2n) is 5.82. The van der Waals surface area contributed by atoms with Gasteiger partial charge in [0.05, 0.1) is 13.2 Å². The molecule has 0 radical (unpaired) electrons. The maximum Gasteiger partial charge on any atom is 0.254 e. The van der Waals surface area contributed by atoms with Crippen molar-refractivity contribution in [1.82, 2.24) is 4.90 Å². The second kappa shape index (κ2) is 7.95. The summed E-state index contributed by atoms with van der Waals surface area (Å²) in [6.45, 7) is 2.01. The molecule has 1 aliphatic heterocycles. The SMILES string of the molecule is O=C(c1cccc(Oc2ccccc2)c1)N1CCOC[C@H](CO)C1. The molecule has 1 atom stereocenters. The fourth-order valence-electron chi connectivity index (χ4n) is 2.68. The van der Waals surface area contributed by atoms with Crippen molar-refractivity contribution in [3.8, 4) is 11.5 Å². The topological polar surface area (TPSA) is 59.0 Å². The van der Waals surface area contributed by atoms with Gasteiger partial charge in [-0.3, -0.25) is 4.79 Å². The van der Waals surface area contributed by atoms with Gasteiger partial charge in [-0.25, -0.2) is 0 Å². The predicted molar refractivity (Wildman–Crippen MR) is 90.3 cm³/mol. The third-order valence-corrected chi connectivity index (χ3v) is 3.94. The number of benzene rings is 2. The number of carbonyl (C=O) groups is 1. The van der Waals surface area contributed by atoms with Crippen molar-refractivity contribution < 1.29 is 19.4 Å². The number of hydrogen-bond acceptors (Lipinski definition) is 4. The average Bonchev–Trinajstić information content (AvgIpc) is 2.88. The van der Waals surface area contributed by atoms with Gasteiger partial charge in [0.15, 0.2) is 0 Å². The van der Waals surface area contributed by atoms with Crippen LogP contribution in [0.25, 0.3) is 0 Å². The van der Waals surface area contributed by atoms with Crippen molar-refractivity contribution in [2.45, 2.75) is 0 Å². The molecule has 1 heterocycles. The Bertz CT molecular complexity index is 674. The van der Waals surface area contributed by atoms with Crippen LogP contribution < -0.4 is 4.74 Å². The zero-order chi connectivity index (χ0) is 16.8. The van der Waals surface area contributed by atoms with Crippen LogP contribution in [-0.2, 0) is 4.74 Å². The molecule has 0 aromatic heterocycles. The maximum atomic E-state index is 12.8. The van der Waals surface area contributed by atoms with Crippen LogP contribution in [0.5, 0.6) is 11.5 Å². The van der Waals surface area contributed by atoms with Crippen LogP contribution in [0.2, 0.25) is 0 Å². The average molecular weight is 327 g/mol. The van der Waals surface area contributed by atoms with Crippen LogP contribution in [0, 0.1) is 5.92 Å². The van der Waals surface area contributed by atoms with E-state index in [0.29, 0.717) is 37.6 Å². The molecule has 1 aliphatic rings. The minimum Gasteiger partial charge on any atom is -0.457 e. The van der Waals surface area contributed by atoms with Crippen LogP contribution in [0.4, 0.5) is 0 Å². The largest absolute Gasteiger partial charge is 0.457 e. The number of rotatable bonds is 4. The van der Waals surface area contributed by atoms with Gasteiger partial charge < -0.3 is 19.5 Å². The number of nitrogens with zero attached hydrogens (tertiary/aromatic N) is 1. The molecule has 5 heteroatoms. The summed E-state index contributed by atoms with van der Waals surface area (Å²) in [5.74, 6) is 1.24. The standard InChI is InChI=1S/C19H21NO4/c21-13-15-12-20(9-10-23-14-15)19(22)16-5-4-8-18(11-16)24-17-6-2-1-3-7-17/h1-8,11,15,21H,9-10,12-14H2/t15-/m0/s1. The number of carbonyl (C=O) groups excluding carboxylic acids is 1. The first-order valence-corrected chi connectivity index (χ1v) is 8.07. The Balaban J connectivity index is 1.74. The Morgan fingerprint density at radius 2 is 1.96 bits per heavy atom. The summed E-state index contributed by atoms with van der Waals surface area (Å²) in [6.07, 6.45) is 0. The predicted octanol–water partition coefficient (Wildman–Crippen LogP) is 2.56. The molecule has 1 amide bonds. The Morgan fingerprint density at radius 1 is 1.17 bits per heavy atom. The Labute approximate surface area is 141 Å². The maximum absolute atomic E-state index is 12.8. The molecule has 0 saturated carbocycles. The number of para-hydroxylation sites is 1. The lowest BCUT2D eigenvalue weighted by Gasteiger charge is -2.23. The van der Waals surface area contributed by atoms with E-state index in [0.717, 1.165) is 5.75 Å². The smallest absolute Gasteiger partial charge is 0.254 e. The lowest BCUT2D eigenvalue weighted by molar-refractivity contribution is 0.0728. The quantitative estimate of drug-likeness (QED) is 0.937. The molecule has 2 aromatic rings. The summed E-state index contributed by atoms with van der Waals surface area (Å²) < 4.78 is 11.2. The van der Waals surface area contributed by atoms with Gasteiger partial charge in [-0.1, -0.05) is 24.3 Å². The highest BCUT2D eigenvalue weighted by molar-refractivity contribution is 5.94. The van der Waals surface area contributed by atoms with Crippen molar-refractivity contribution >= 4 is 5.91 Å². The van der Waals surface area contributed by atoms with Crippen molar-refractivity contribution in [2.24, 2.45) is 5.92 Å². The summed E-state index contributed by atoms with van der Waals surface area (Å²) in [5.41, 5.74) is 0.571. The minimum absolute atomic E-state index is 0.0148. The fourth-order valence-corrected chi connectivity index (χ4v) is 2.68. The lowest BCUT2D eigenvalue weighted by atomic mass is 10.1. The van der Waals surface area contributed by atoms with E-state index >= 15 is 0 Å². The summed E-state index contributed by atoms with van der Waals surface area (Å²) >= 11 is 0. The molecule has 5 nitrogen and oxygen atoms in total. The van der Waals surface area contributed by atoms with Gasteiger partial charge >= 0.3 is 0 Å². The Morgan fingerprint density at radius 3 is 2.75 bits per heavy atom. The minimum atomic E-state index is -0.0718. The molecule has 0 bridgehead atoms. The molecule has 1 N–H and O–H groups in total. The van der Waals surface area contributed by atoms with Crippen molar-refractivity contribution in [3.63, 3.8) is 0 Å². The zero-order valence-electron chi connectivity index (χ0n) is 13.4.